The van der Waals surface area contributed by atoms with E-state index in [1.54, 1.807) is 24.2 Å². The fraction of sp³-hybridized carbons (Fsp3) is 0.500. The van der Waals surface area contributed by atoms with E-state index < -0.39 is 0 Å². The smallest absolute Gasteiger partial charge is 0.257 e. The number of aromatic nitrogens is 1. The van der Waals surface area contributed by atoms with E-state index in [1.807, 2.05) is 6.92 Å². The van der Waals surface area contributed by atoms with Crippen LogP contribution in [0.15, 0.2) is 12.3 Å². The lowest BCUT2D eigenvalue weighted by atomic mass is 10.1. The Kier molecular flexibility index (Phi) is 3.88. The maximum absolute atomic E-state index is 12.0. The molecule has 0 aliphatic rings. The summed E-state index contributed by atoms with van der Waals surface area (Å²) in [6.07, 6.45) is 1.55. The summed E-state index contributed by atoms with van der Waals surface area (Å²) in [5.41, 5.74) is 7.60. The summed E-state index contributed by atoms with van der Waals surface area (Å²) < 4.78 is 0. The number of carbonyl (C=O) groups is 1. The van der Waals surface area contributed by atoms with Crippen molar-refractivity contribution in [2.45, 2.75) is 20.8 Å². The number of nitrogens with zero attached hydrogens (tertiary/aromatic N) is 2. The summed E-state index contributed by atoms with van der Waals surface area (Å²) in [4.78, 5) is 17.8. The number of hydrogen-bond acceptors (Lipinski definition) is 3. The summed E-state index contributed by atoms with van der Waals surface area (Å²) in [5, 5.41) is 0. The van der Waals surface area contributed by atoms with Gasteiger partial charge in [-0.25, -0.2) is 0 Å². The number of nitrogen functional groups attached to an aromatic ring is 1. The molecule has 4 heteroatoms. The largest absolute Gasteiger partial charge is 0.398 e. The maximum Gasteiger partial charge on any atom is 0.257 e. The van der Waals surface area contributed by atoms with Crippen LogP contribution in [-0.4, -0.2) is 29.4 Å². The molecule has 1 aromatic heterocycles. The van der Waals surface area contributed by atoms with Gasteiger partial charge >= 0.3 is 0 Å². The van der Waals surface area contributed by atoms with E-state index >= 15 is 0 Å². The van der Waals surface area contributed by atoms with E-state index in [-0.39, 0.29) is 5.91 Å². The zero-order chi connectivity index (χ0) is 12.3. The molecule has 0 aliphatic heterocycles. The van der Waals surface area contributed by atoms with Gasteiger partial charge in [0.15, 0.2) is 0 Å². The topological polar surface area (TPSA) is 59.2 Å². The first kappa shape index (κ1) is 12.5. The number of rotatable bonds is 3. The lowest BCUT2D eigenvalue weighted by Gasteiger charge is -2.20. The van der Waals surface area contributed by atoms with Crippen molar-refractivity contribution in [3.63, 3.8) is 0 Å². The fourth-order valence-electron chi connectivity index (χ4n) is 1.60. The zero-order valence-electron chi connectivity index (χ0n) is 10.3. The number of anilines is 1. The van der Waals surface area contributed by atoms with Crippen LogP contribution in [0.3, 0.4) is 0 Å². The molecule has 0 radical (unpaired) electrons. The molecular formula is C12H19N3O. The minimum atomic E-state index is -0.0706. The highest BCUT2D eigenvalue weighted by atomic mass is 16.2. The second kappa shape index (κ2) is 4.96. The average molecular weight is 221 g/mol. The Bertz CT molecular complexity index is 388. The van der Waals surface area contributed by atoms with Crippen LogP contribution >= 0.6 is 0 Å². The molecule has 1 heterocycles. The van der Waals surface area contributed by atoms with Crippen molar-refractivity contribution in [2.24, 2.45) is 5.92 Å². The van der Waals surface area contributed by atoms with Crippen LogP contribution in [0, 0.1) is 12.8 Å². The van der Waals surface area contributed by atoms with Gasteiger partial charge in [0.05, 0.1) is 5.56 Å². The van der Waals surface area contributed by atoms with E-state index in [0.717, 1.165) is 5.69 Å². The van der Waals surface area contributed by atoms with Gasteiger partial charge in [0.1, 0.15) is 0 Å². The Labute approximate surface area is 96.5 Å². The standard InChI is InChI=1S/C12H19N3O/c1-8(2)7-15(4)12(16)10-6-14-9(3)5-11(10)13/h5-6,8H,7H2,1-4H3,(H2,13,14). The van der Waals surface area contributed by atoms with Gasteiger partial charge in [-0.05, 0) is 18.9 Å². The minimum Gasteiger partial charge on any atom is -0.398 e. The molecule has 4 nitrogen and oxygen atoms in total. The number of carbonyl (C=O) groups excluding carboxylic acids is 1. The number of amides is 1. The second-order valence-corrected chi connectivity index (χ2v) is 4.49. The molecule has 88 valence electrons. The van der Waals surface area contributed by atoms with Gasteiger partial charge in [0.2, 0.25) is 0 Å². The monoisotopic (exact) mass is 221 g/mol. The summed E-state index contributed by atoms with van der Waals surface area (Å²) >= 11 is 0. The molecule has 0 unspecified atom stereocenters. The van der Waals surface area contributed by atoms with E-state index in [0.29, 0.717) is 23.7 Å². The summed E-state index contributed by atoms with van der Waals surface area (Å²) in [7, 11) is 1.78. The highest BCUT2D eigenvalue weighted by Gasteiger charge is 2.15. The molecule has 0 bridgehead atoms. The molecule has 2 N–H and O–H groups in total. The normalized spacial score (nSPS) is 10.6. The second-order valence-electron chi connectivity index (χ2n) is 4.49. The molecule has 0 fully saturated rings. The summed E-state index contributed by atoms with van der Waals surface area (Å²) in [6.45, 7) is 6.70. The Hall–Kier alpha value is -1.58. The molecule has 0 spiro atoms. The third kappa shape index (κ3) is 2.95. The number of aryl methyl sites for hydroxylation is 1. The van der Waals surface area contributed by atoms with Crippen LogP contribution in [-0.2, 0) is 0 Å². The van der Waals surface area contributed by atoms with Crippen LogP contribution in [0.2, 0.25) is 0 Å². The first-order valence-electron chi connectivity index (χ1n) is 5.39. The van der Waals surface area contributed by atoms with Crippen LogP contribution < -0.4 is 5.73 Å². The van der Waals surface area contributed by atoms with E-state index in [2.05, 4.69) is 18.8 Å². The first-order chi connectivity index (χ1) is 7.41. The maximum atomic E-state index is 12.0. The van der Waals surface area contributed by atoms with Gasteiger partial charge in [-0.15, -0.1) is 0 Å². The molecule has 0 atom stereocenters. The van der Waals surface area contributed by atoms with Crippen molar-refractivity contribution in [3.8, 4) is 0 Å². The van der Waals surface area contributed by atoms with Crippen molar-refractivity contribution < 1.29 is 4.79 Å². The van der Waals surface area contributed by atoms with Crippen LogP contribution in [0.4, 0.5) is 5.69 Å². The Morgan fingerprint density at radius 1 is 1.56 bits per heavy atom. The molecule has 1 aromatic rings. The van der Waals surface area contributed by atoms with Gasteiger partial charge in [-0.1, -0.05) is 13.8 Å². The lowest BCUT2D eigenvalue weighted by molar-refractivity contribution is 0.0780. The summed E-state index contributed by atoms with van der Waals surface area (Å²) in [6, 6.07) is 1.72. The number of nitrogens with two attached hydrogens (primary N) is 1. The zero-order valence-corrected chi connectivity index (χ0v) is 10.3. The minimum absolute atomic E-state index is 0.0706. The van der Waals surface area contributed by atoms with Gasteiger partial charge in [0, 0.05) is 31.2 Å². The Morgan fingerprint density at radius 2 is 2.19 bits per heavy atom. The number of hydrogen-bond donors (Lipinski definition) is 1. The molecule has 0 saturated heterocycles. The van der Waals surface area contributed by atoms with Crippen molar-refractivity contribution in [1.82, 2.24) is 9.88 Å². The highest BCUT2D eigenvalue weighted by Crippen LogP contribution is 2.14. The van der Waals surface area contributed by atoms with Crippen molar-refractivity contribution in [3.05, 3.63) is 23.5 Å². The van der Waals surface area contributed by atoms with E-state index in [4.69, 9.17) is 5.73 Å². The predicted molar refractivity (Wildman–Crippen MR) is 65.2 cm³/mol. The molecule has 1 rings (SSSR count). The van der Waals surface area contributed by atoms with Crippen LogP contribution in [0.1, 0.15) is 29.9 Å². The SMILES string of the molecule is Cc1cc(N)c(C(=O)N(C)CC(C)C)cn1. The molecule has 0 aliphatic carbocycles. The third-order valence-corrected chi connectivity index (χ3v) is 2.29. The van der Waals surface area contributed by atoms with Crippen molar-refractivity contribution in [1.29, 1.82) is 0 Å². The Morgan fingerprint density at radius 3 is 2.69 bits per heavy atom. The summed E-state index contributed by atoms with van der Waals surface area (Å²) in [5.74, 6) is 0.368. The van der Waals surface area contributed by atoms with Gasteiger partial charge in [-0.2, -0.15) is 0 Å². The van der Waals surface area contributed by atoms with Crippen LogP contribution in [0.25, 0.3) is 0 Å². The molecular weight excluding hydrogens is 202 g/mol. The van der Waals surface area contributed by atoms with Gasteiger partial charge in [-0.3, -0.25) is 9.78 Å². The average Bonchev–Trinajstić information content (AvgIpc) is 2.15. The molecule has 1 amide bonds. The molecule has 0 aromatic carbocycles. The Balaban J connectivity index is 2.88. The molecule has 16 heavy (non-hydrogen) atoms. The van der Waals surface area contributed by atoms with Crippen LogP contribution in [0.5, 0.6) is 0 Å². The van der Waals surface area contributed by atoms with Gasteiger partial charge in [0.25, 0.3) is 5.91 Å². The fourth-order valence-corrected chi connectivity index (χ4v) is 1.60. The first-order valence-corrected chi connectivity index (χ1v) is 5.39. The number of pyridine rings is 1. The molecule has 0 saturated carbocycles. The van der Waals surface area contributed by atoms with E-state index in [1.165, 1.54) is 0 Å². The van der Waals surface area contributed by atoms with Crippen molar-refractivity contribution >= 4 is 11.6 Å². The quantitative estimate of drug-likeness (QED) is 0.845. The predicted octanol–water partition coefficient (Wildman–Crippen LogP) is 1.70. The van der Waals surface area contributed by atoms with Crippen molar-refractivity contribution in [2.75, 3.05) is 19.3 Å². The lowest BCUT2D eigenvalue weighted by Crippen LogP contribution is -2.30. The third-order valence-electron chi connectivity index (χ3n) is 2.29. The van der Waals surface area contributed by atoms with Gasteiger partial charge < -0.3 is 10.6 Å². The van der Waals surface area contributed by atoms with E-state index in [9.17, 15) is 4.79 Å². The highest BCUT2D eigenvalue weighted by molar-refractivity contribution is 5.98.